The predicted molar refractivity (Wildman–Crippen MR) is 116 cm³/mol. The van der Waals surface area contributed by atoms with E-state index in [-0.39, 0.29) is 17.8 Å². The van der Waals surface area contributed by atoms with Gasteiger partial charge in [-0.25, -0.2) is 0 Å². The zero-order chi connectivity index (χ0) is 20.7. The fourth-order valence-corrected chi connectivity index (χ4v) is 6.22. The van der Waals surface area contributed by atoms with Crippen molar-refractivity contribution in [1.82, 2.24) is 5.32 Å². The minimum absolute atomic E-state index is 0.100. The first-order chi connectivity index (χ1) is 13.0. The van der Waals surface area contributed by atoms with Gasteiger partial charge in [-0.3, -0.25) is 0 Å². The van der Waals surface area contributed by atoms with E-state index in [4.69, 9.17) is 13.8 Å². The molecule has 0 saturated carbocycles. The first kappa shape index (κ1) is 22.2. The number of hydrogen-bond acceptors (Lipinski definition) is 5. The average molecular weight is 431 g/mol. The predicted octanol–water partition coefficient (Wildman–Crippen LogP) is 3.15. The molecule has 0 bridgehead atoms. The van der Waals surface area contributed by atoms with Crippen molar-refractivity contribution >= 4 is 27.5 Å². The summed E-state index contributed by atoms with van der Waals surface area (Å²) in [4.78, 5) is 25.8. The topological polar surface area (TPSA) is 73.9 Å². The third-order valence-electron chi connectivity index (χ3n) is 6.08. The van der Waals surface area contributed by atoms with Crippen molar-refractivity contribution in [3.63, 3.8) is 0 Å². The van der Waals surface area contributed by atoms with E-state index >= 15 is 0 Å². The Bertz CT molecular complexity index is 661. The van der Waals surface area contributed by atoms with Crippen LogP contribution in [0.5, 0.6) is 0 Å². The SMILES string of the molecule is CP(C)O[C@H]([C@@H]1C=CCCC1)[C@@]12NC(=O)[C@H](CCO[PH](C)(C)C)[C@]1(C)OC2=O. The summed E-state index contributed by atoms with van der Waals surface area (Å²) in [5, 5.41) is 3.05. The quantitative estimate of drug-likeness (QED) is 0.363. The van der Waals surface area contributed by atoms with Gasteiger partial charge in [0.25, 0.3) is 0 Å². The molecule has 3 aliphatic rings. The van der Waals surface area contributed by atoms with E-state index in [1.807, 2.05) is 20.3 Å². The molecule has 2 aliphatic heterocycles. The van der Waals surface area contributed by atoms with Gasteiger partial charge in [0.05, 0.1) is 0 Å². The zero-order valence-electron chi connectivity index (χ0n) is 17.9. The standard InChI is InChI=1S/C20H35NO5P2/c1-19-15(12-13-24-28(4,5)6)17(22)21-20(19,18(23)25-19)16(26-27(2)3)14-10-8-7-9-11-14/h8,10,14-16,28H,7,9,11-13H2,1-6H3,(H,21,22)/t14-,15+,16-,19+,20+/m1/s1. The number of nitrogens with one attached hydrogen (secondary N) is 1. The summed E-state index contributed by atoms with van der Waals surface area (Å²) < 4.78 is 18.0. The molecule has 3 rings (SSSR count). The van der Waals surface area contributed by atoms with E-state index < -0.39 is 38.8 Å². The summed E-state index contributed by atoms with van der Waals surface area (Å²) in [5.74, 6) is -0.807. The van der Waals surface area contributed by atoms with Crippen LogP contribution in [0.2, 0.25) is 0 Å². The van der Waals surface area contributed by atoms with Gasteiger partial charge >= 0.3 is 170 Å². The minimum atomic E-state index is -1.67. The molecule has 1 amide bonds. The van der Waals surface area contributed by atoms with Crippen molar-refractivity contribution in [2.75, 3.05) is 39.9 Å². The van der Waals surface area contributed by atoms with E-state index in [9.17, 15) is 9.59 Å². The molecule has 0 radical (unpaired) electrons. The molecule has 5 atom stereocenters. The first-order valence-corrected chi connectivity index (χ1v) is 15.8. The average Bonchev–Trinajstić information content (AvgIpc) is 2.77. The number of carbonyl (C=O) groups excluding carboxylic acids is 2. The van der Waals surface area contributed by atoms with Crippen LogP contribution in [0.15, 0.2) is 12.2 Å². The Hall–Kier alpha value is -0.540. The van der Waals surface area contributed by atoms with Gasteiger partial charge in [-0.15, -0.1) is 0 Å². The second-order valence-corrected chi connectivity index (χ2v) is 15.8. The summed E-state index contributed by atoms with van der Waals surface area (Å²) in [7, 11) is -2.38. The van der Waals surface area contributed by atoms with Crippen molar-refractivity contribution < 1.29 is 23.4 Å². The van der Waals surface area contributed by atoms with Crippen LogP contribution in [0.3, 0.4) is 0 Å². The van der Waals surface area contributed by atoms with E-state index in [1.54, 1.807) is 0 Å². The Balaban J connectivity index is 1.88. The molecule has 0 aromatic heterocycles. The monoisotopic (exact) mass is 431 g/mol. The van der Waals surface area contributed by atoms with Gasteiger partial charge in [0.15, 0.2) is 0 Å². The maximum absolute atomic E-state index is 13.0. The van der Waals surface area contributed by atoms with E-state index in [1.165, 1.54) is 0 Å². The number of fused-ring (bicyclic) bond motifs is 1. The van der Waals surface area contributed by atoms with E-state index in [0.29, 0.717) is 13.0 Å². The number of carbonyl (C=O) groups is 2. The Morgan fingerprint density at radius 1 is 1.36 bits per heavy atom. The van der Waals surface area contributed by atoms with E-state index in [2.05, 4.69) is 37.5 Å². The van der Waals surface area contributed by atoms with Crippen molar-refractivity contribution in [3.05, 3.63) is 12.2 Å². The second kappa shape index (κ2) is 7.95. The summed E-state index contributed by atoms with van der Waals surface area (Å²) in [6, 6.07) is 0. The first-order valence-electron chi connectivity index (χ1n) is 10.2. The van der Waals surface area contributed by atoms with Crippen LogP contribution in [-0.2, 0) is 23.4 Å². The van der Waals surface area contributed by atoms with Crippen LogP contribution < -0.4 is 5.32 Å². The molecule has 2 heterocycles. The molecule has 28 heavy (non-hydrogen) atoms. The van der Waals surface area contributed by atoms with Crippen LogP contribution in [0.4, 0.5) is 0 Å². The molecule has 0 aromatic rings. The van der Waals surface area contributed by atoms with Crippen molar-refractivity contribution in [2.45, 2.75) is 49.9 Å². The molecule has 2 fully saturated rings. The van der Waals surface area contributed by atoms with Crippen LogP contribution in [0, 0.1) is 11.8 Å². The molecule has 1 aliphatic carbocycles. The molecule has 0 spiro atoms. The molecular formula is C20H35NO5P2. The Kier molecular flexibility index (Phi) is 6.29. The van der Waals surface area contributed by atoms with Crippen LogP contribution in [0.1, 0.15) is 32.6 Å². The van der Waals surface area contributed by atoms with Crippen molar-refractivity contribution in [2.24, 2.45) is 11.8 Å². The summed E-state index contributed by atoms with van der Waals surface area (Å²) in [5.41, 5.74) is -2.00. The van der Waals surface area contributed by atoms with Gasteiger partial charge < -0.3 is 0 Å². The summed E-state index contributed by atoms with van der Waals surface area (Å²) in [6.45, 7) is 12.8. The maximum atomic E-state index is 13.0. The van der Waals surface area contributed by atoms with Crippen LogP contribution >= 0.6 is 15.6 Å². The van der Waals surface area contributed by atoms with Crippen molar-refractivity contribution in [1.29, 1.82) is 0 Å². The van der Waals surface area contributed by atoms with Gasteiger partial charge in [-0.2, -0.15) is 0 Å². The van der Waals surface area contributed by atoms with Gasteiger partial charge in [0, 0.05) is 0 Å². The molecule has 0 aromatic carbocycles. The van der Waals surface area contributed by atoms with Gasteiger partial charge in [-0.05, 0) is 0 Å². The third-order valence-corrected chi connectivity index (χ3v) is 7.80. The Morgan fingerprint density at radius 3 is 2.61 bits per heavy atom. The molecule has 1 N–H and O–H groups in total. The normalized spacial score (nSPS) is 36.5. The number of allylic oxidation sites excluding steroid dienone is 1. The molecule has 2 saturated heterocycles. The third kappa shape index (κ3) is 3.78. The summed E-state index contributed by atoms with van der Waals surface area (Å²) >= 11 is 0. The Labute approximate surface area is 170 Å². The summed E-state index contributed by atoms with van der Waals surface area (Å²) in [6.07, 6.45) is 7.52. The van der Waals surface area contributed by atoms with Gasteiger partial charge in [0.2, 0.25) is 0 Å². The van der Waals surface area contributed by atoms with Gasteiger partial charge in [0.1, 0.15) is 0 Å². The number of ether oxygens (including phenoxy) is 1. The van der Waals surface area contributed by atoms with Gasteiger partial charge in [-0.1, -0.05) is 0 Å². The fraction of sp³-hybridized carbons (Fsp3) is 0.800. The van der Waals surface area contributed by atoms with E-state index in [0.717, 1.165) is 19.3 Å². The van der Waals surface area contributed by atoms with Crippen LogP contribution in [-0.4, -0.2) is 69.1 Å². The molecule has 6 nitrogen and oxygen atoms in total. The number of amides is 1. The number of esters is 1. The molecule has 8 heteroatoms. The Morgan fingerprint density at radius 2 is 2.07 bits per heavy atom. The number of rotatable bonds is 8. The zero-order valence-corrected chi connectivity index (χ0v) is 19.8. The second-order valence-electron chi connectivity index (χ2n) is 9.46. The number of hydrogen-bond donors (Lipinski definition) is 1. The molecule has 160 valence electrons. The molecule has 0 unspecified atom stereocenters. The van der Waals surface area contributed by atoms with Crippen LogP contribution in [0.25, 0.3) is 0 Å². The van der Waals surface area contributed by atoms with Crippen molar-refractivity contribution in [3.8, 4) is 0 Å². The fourth-order valence-electron chi connectivity index (χ4n) is 4.72. The molecular weight excluding hydrogens is 396 g/mol.